The molecule has 1 unspecified atom stereocenters. The fraction of sp³-hybridized carbons (Fsp3) is 0.0667. The number of furan rings is 1. The van der Waals surface area contributed by atoms with Crippen molar-refractivity contribution in [3.63, 3.8) is 0 Å². The SMILES string of the molecule is NC(c1cc2cccc(F)c2o1)c1ccc(F)cc1F. The normalized spacial score (nSPS) is 12.8. The van der Waals surface area contributed by atoms with Crippen LogP contribution in [0, 0.1) is 17.5 Å². The van der Waals surface area contributed by atoms with E-state index in [2.05, 4.69) is 0 Å². The molecular weight excluding hydrogens is 267 g/mol. The summed E-state index contributed by atoms with van der Waals surface area (Å²) in [6, 6.07) is 8.20. The number of hydrogen-bond donors (Lipinski definition) is 1. The second kappa shape index (κ2) is 4.68. The van der Waals surface area contributed by atoms with Gasteiger partial charge in [-0.1, -0.05) is 18.2 Å². The van der Waals surface area contributed by atoms with Gasteiger partial charge in [0.1, 0.15) is 17.4 Å². The van der Waals surface area contributed by atoms with Gasteiger partial charge in [-0.3, -0.25) is 0 Å². The first-order valence-electron chi connectivity index (χ1n) is 5.95. The van der Waals surface area contributed by atoms with Gasteiger partial charge in [0.25, 0.3) is 0 Å². The third-order valence-corrected chi connectivity index (χ3v) is 3.12. The maximum Gasteiger partial charge on any atom is 0.169 e. The summed E-state index contributed by atoms with van der Waals surface area (Å²) in [4.78, 5) is 0. The van der Waals surface area contributed by atoms with Crippen LogP contribution in [0.5, 0.6) is 0 Å². The van der Waals surface area contributed by atoms with Crippen molar-refractivity contribution in [2.45, 2.75) is 6.04 Å². The molecule has 1 aromatic heterocycles. The summed E-state index contributed by atoms with van der Waals surface area (Å²) >= 11 is 0. The molecule has 0 saturated carbocycles. The third kappa shape index (κ3) is 2.06. The Bertz CT molecular complexity index is 782. The van der Waals surface area contributed by atoms with Gasteiger partial charge in [0, 0.05) is 17.0 Å². The molecule has 1 heterocycles. The van der Waals surface area contributed by atoms with Crippen molar-refractivity contribution in [2.24, 2.45) is 5.73 Å². The predicted octanol–water partition coefficient (Wildman–Crippen LogP) is 3.90. The summed E-state index contributed by atoms with van der Waals surface area (Å²) in [5.41, 5.74) is 6.06. The molecular formula is C15H10F3NO. The van der Waals surface area contributed by atoms with Crippen molar-refractivity contribution >= 4 is 11.0 Å². The summed E-state index contributed by atoms with van der Waals surface area (Å²) < 4.78 is 45.4. The van der Waals surface area contributed by atoms with Crippen molar-refractivity contribution in [3.05, 3.63) is 71.2 Å². The van der Waals surface area contributed by atoms with E-state index in [0.717, 1.165) is 12.1 Å². The smallest absolute Gasteiger partial charge is 0.169 e. The van der Waals surface area contributed by atoms with E-state index in [-0.39, 0.29) is 16.9 Å². The van der Waals surface area contributed by atoms with Crippen LogP contribution in [0.2, 0.25) is 0 Å². The van der Waals surface area contributed by atoms with Crippen LogP contribution in [0.3, 0.4) is 0 Å². The van der Waals surface area contributed by atoms with Crippen LogP contribution >= 0.6 is 0 Å². The Balaban J connectivity index is 2.08. The predicted molar refractivity (Wildman–Crippen MR) is 68.6 cm³/mol. The molecule has 102 valence electrons. The molecule has 0 radical (unpaired) electrons. The highest BCUT2D eigenvalue weighted by molar-refractivity contribution is 5.78. The van der Waals surface area contributed by atoms with E-state index in [1.54, 1.807) is 18.2 Å². The summed E-state index contributed by atoms with van der Waals surface area (Å²) in [5, 5.41) is 0.540. The first kappa shape index (κ1) is 12.7. The molecule has 2 aromatic carbocycles. The topological polar surface area (TPSA) is 39.2 Å². The van der Waals surface area contributed by atoms with Crippen LogP contribution in [0.25, 0.3) is 11.0 Å². The Morgan fingerprint density at radius 2 is 1.75 bits per heavy atom. The maximum absolute atomic E-state index is 13.7. The van der Waals surface area contributed by atoms with Gasteiger partial charge in [0.15, 0.2) is 11.4 Å². The van der Waals surface area contributed by atoms with Crippen molar-refractivity contribution in [2.75, 3.05) is 0 Å². The monoisotopic (exact) mass is 277 g/mol. The lowest BCUT2D eigenvalue weighted by molar-refractivity contribution is 0.490. The highest BCUT2D eigenvalue weighted by atomic mass is 19.1. The summed E-state index contributed by atoms with van der Waals surface area (Å²) in [5.74, 6) is -1.75. The molecule has 3 aromatic rings. The number of halogens is 3. The van der Waals surface area contributed by atoms with Gasteiger partial charge in [-0.2, -0.15) is 0 Å². The van der Waals surface area contributed by atoms with E-state index < -0.39 is 23.5 Å². The zero-order chi connectivity index (χ0) is 14.3. The molecule has 20 heavy (non-hydrogen) atoms. The van der Waals surface area contributed by atoms with E-state index in [4.69, 9.17) is 10.2 Å². The molecule has 2 N–H and O–H groups in total. The number of nitrogens with two attached hydrogens (primary N) is 1. The van der Waals surface area contributed by atoms with Crippen LogP contribution in [-0.2, 0) is 0 Å². The van der Waals surface area contributed by atoms with Crippen molar-refractivity contribution < 1.29 is 17.6 Å². The molecule has 3 rings (SSSR count). The number of fused-ring (bicyclic) bond motifs is 1. The van der Waals surface area contributed by atoms with Crippen LogP contribution in [0.4, 0.5) is 13.2 Å². The van der Waals surface area contributed by atoms with Crippen molar-refractivity contribution in [1.82, 2.24) is 0 Å². The molecule has 0 amide bonds. The Kier molecular flexibility index (Phi) is 2.99. The number of para-hydroxylation sites is 1. The number of benzene rings is 2. The molecule has 2 nitrogen and oxygen atoms in total. The molecule has 0 fully saturated rings. The Morgan fingerprint density at radius 1 is 0.950 bits per heavy atom. The third-order valence-electron chi connectivity index (χ3n) is 3.12. The summed E-state index contributed by atoms with van der Waals surface area (Å²) in [7, 11) is 0. The number of hydrogen-bond acceptors (Lipinski definition) is 2. The minimum absolute atomic E-state index is 0.0699. The summed E-state index contributed by atoms with van der Waals surface area (Å²) in [6.45, 7) is 0. The molecule has 0 bridgehead atoms. The van der Waals surface area contributed by atoms with Crippen LogP contribution < -0.4 is 5.73 Å². The maximum atomic E-state index is 13.7. The molecule has 1 atom stereocenters. The molecule has 0 spiro atoms. The van der Waals surface area contributed by atoms with Gasteiger partial charge in [0.2, 0.25) is 0 Å². The van der Waals surface area contributed by atoms with Gasteiger partial charge in [-0.25, -0.2) is 13.2 Å². The van der Waals surface area contributed by atoms with Gasteiger partial charge in [-0.05, 0) is 18.2 Å². The molecule has 0 aliphatic rings. The van der Waals surface area contributed by atoms with Crippen LogP contribution in [0.1, 0.15) is 17.4 Å². The molecule has 5 heteroatoms. The van der Waals surface area contributed by atoms with E-state index in [0.29, 0.717) is 5.39 Å². The van der Waals surface area contributed by atoms with Crippen molar-refractivity contribution in [1.29, 1.82) is 0 Å². The lowest BCUT2D eigenvalue weighted by Gasteiger charge is -2.10. The van der Waals surface area contributed by atoms with Crippen LogP contribution in [0.15, 0.2) is 46.9 Å². The molecule has 0 aliphatic heterocycles. The van der Waals surface area contributed by atoms with Gasteiger partial charge in [0.05, 0.1) is 6.04 Å². The fourth-order valence-electron chi connectivity index (χ4n) is 2.11. The first-order chi connectivity index (χ1) is 9.56. The molecule has 0 aliphatic carbocycles. The van der Waals surface area contributed by atoms with Crippen LogP contribution in [-0.4, -0.2) is 0 Å². The zero-order valence-electron chi connectivity index (χ0n) is 10.2. The molecule has 0 saturated heterocycles. The second-order valence-electron chi connectivity index (χ2n) is 4.45. The summed E-state index contributed by atoms with van der Waals surface area (Å²) in [6.07, 6.45) is 0. The standard InChI is InChI=1S/C15H10F3NO/c16-9-4-5-10(12(18)7-9)14(19)13-6-8-2-1-3-11(17)15(8)20-13/h1-7,14H,19H2. The van der Waals surface area contributed by atoms with Gasteiger partial charge >= 0.3 is 0 Å². The lowest BCUT2D eigenvalue weighted by Crippen LogP contribution is -2.12. The first-order valence-corrected chi connectivity index (χ1v) is 5.95. The fourth-order valence-corrected chi connectivity index (χ4v) is 2.11. The quantitative estimate of drug-likeness (QED) is 0.771. The second-order valence-corrected chi connectivity index (χ2v) is 4.45. The average Bonchev–Trinajstić information content (AvgIpc) is 2.83. The van der Waals surface area contributed by atoms with Crippen molar-refractivity contribution in [3.8, 4) is 0 Å². The Labute approximate surface area is 112 Å². The minimum atomic E-state index is -0.928. The minimum Gasteiger partial charge on any atom is -0.456 e. The van der Waals surface area contributed by atoms with Gasteiger partial charge < -0.3 is 10.2 Å². The Morgan fingerprint density at radius 3 is 2.45 bits per heavy atom. The van der Waals surface area contributed by atoms with E-state index >= 15 is 0 Å². The number of rotatable bonds is 2. The highest BCUT2D eigenvalue weighted by Crippen LogP contribution is 2.29. The zero-order valence-corrected chi connectivity index (χ0v) is 10.2. The van der Waals surface area contributed by atoms with E-state index in [1.165, 1.54) is 12.1 Å². The van der Waals surface area contributed by atoms with E-state index in [9.17, 15) is 13.2 Å². The average molecular weight is 277 g/mol. The Hall–Kier alpha value is -2.27. The van der Waals surface area contributed by atoms with Gasteiger partial charge in [-0.15, -0.1) is 0 Å². The lowest BCUT2D eigenvalue weighted by atomic mass is 10.0. The van der Waals surface area contributed by atoms with E-state index in [1.807, 2.05) is 0 Å². The highest BCUT2D eigenvalue weighted by Gasteiger charge is 2.19. The largest absolute Gasteiger partial charge is 0.456 e.